The second-order valence-corrected chi connectivity index (χ2v) is 4.74. The maximum atomic E-state index is 5.84. The summed E-state index contributed by atoms with van der Waals surface area (Å²) in [6, 6.07) is 0.258. The minimum atomic E-state index is 0.168. The molecule has 1 saturated heterocycles. The van der Waals surface area contributed by atoms with Crippen molar-refractivity contribution in [1.29, 1.82) is 0 Å². The standard InChI is InChI=1S/C11H18ClN5O/c1-18-11-15-9(12)14-10(16-11)17-6-3-8(2-5-13)4-7-17/h8H,2-7,13H2,1H3. The Balaban J connectivity index is 2.02. The molecule has 0 amide bonds. The summed E-state index contributed by atoms with van der Waals surface area (Å²) in [4.78, 5) is 14.3. The minimum absolute atomic E-state index is 0.168. The number of nitrogens with zero attached hydrogens (tertiary/aromatic N) is 4. The Morgan fingerprint density at radius 1 is 1.33 bits per heavy atom. The molecule has 0 bridgehead atoms. The summed E-state index contributed by atoms with van der Waals surface area (Å²) >= 11 is 5.84. The predicted octanol–water partition coefficient (Wildman–Crippen LogP) is 1.10. The molecule has 2 N–H and O–H groups in total. The number of halogens is 1. The number of ether oxygens (including phenoxy) is 1. The van der Waals surface area contributed by atoms with Gasteiger partial charge in [-0.1, -0.05) is 0 Å². The molecule has 0 saturated carbocycles. The van der Waals surface area contributed by atoms with E-state index in [0.717, 1.165) is 38.9 Å². The second-order valence-electron chi connectivity index (χ2n) is 4.40. The smallest absolute Gasteiger partial charge is 0.322 e. The summed E-state index contributed by atoms with van der Waals surface area (Å²) in [5.41, 5.74) is 5.58. The molecule has 2 heterocycles. The van der Waals surface area contributed by atoms with Gasteiger partial charge >= 0.3 is 6.01 Å². The van der Waals surface area contributed by atoms with Gasteiger partial charge in [-0.05, 0) is 43.3 Å². The lowest BCUT2D eigenvalue weighted by Gasteiger charge is -2.31. The molecule has 1 fully saturated rings. The van der Waals surface area contributed by atoms with E-state index in [4.69, 9.17) is 22.1 Å². The van der Waals surface area contributed by atoms with E-state index in [-0.39, 0.29) is 11.3 Å². The molecule has 0 aromatic carbocycles. The van der Waals surface area contributed by atoms with E-state index in [1.165, 1.54) is 7.11 Å². The highest BCUT2D eigenvalue weighted by Gasteiger charge is 2.21. The van der Waals surface area contributed by atoms with Crippen molar-refractivity contribution in [3.05, 3.63) is 5.28 Å². The molecule has 7 heteroatoms. The summed E-state index contributed by atoms with van der Waals surface area (Å²) in [6.45, 7) is 2.61. The van der Waals surface area contributed by atoms with Crippen LogP contribution in [0.4, 0.5) is 5.95 Å². The lowest BCUT2D eigenvalue weighted by Crippen LogP contribution is -2.35. The van der Waals surface area contributed by atoms with Gasteiger partial charge in [0.15, 0.2) is 0 Å². The number of piperidine rings is 1. The Hall–Kier alpha value is -1.14. The molecular weight excluding hydrogens is 254 g/mol. The van der Waals surface area contributed by atoms with Gasteiger partial charge in [0.2, 0.25) is 11.2 Å². The third-order valence-electron chi connectivity index (χ3n) is 3.23. The van der Waals surface area contributed by atoms with Crippen LogP contribution in [0.25, 0.3) is 0 Å². The van der Waals surface area contributed by atoms with Crippen LogP contribution in [0.1, 0.15) is 19.3 Å². The molecule has 100 valence electrons. The van der Waals surface area contributed by atoms with Crippen LogP contribution < -0.4 is 15.4 Å². The lowest BCUT2D eigenvalue weighted by molar-refractivity contribution is 0.369. The first-order valence-electron chi connectivity index (χ1n) is 6.13. The molecule has 2 rings (SSSR count). The van der Waals surface area contributed by atoms with Gasteiger partial charge in [0, 0.05) is 13.1 Å². The first-order valence-corrected chi connectivity index (χ1v) is 6.51. The van der Waals surface area contributed by atoms with Gasteiger partial charge in [-0.2, -0.15) is 15.0 Å². The molecule has 0 unspecified atom stereocenters. The molecule has 0 spiro atoms. The zero-order valence-electron chi connectivity index (χ0n) is 10.5. The predicted molar refractivity (Wildman–Crippen MR) is 70.0 cm³/mol. The van der Waals surface area contributed by atoms with E-state index in [9.17, 15) is 0 Å². The van der Waals surface area contributed by atoms with Crippen LogP contribution in [0.3, 0.4) is 0 Å². The second kappa shape index (κ2) is 6.15. The normalized spacial score (nSPS) is 16.9. The maximum absolute atomic E-state index is 5.84. The number of aromatic nitrogens is 3. The van der Waals surface area contributed by atoms with Gasteiger partial charge in [-0.25, -0.2) is 0 Å². The van der Waals surface area contributed by atoms with Crippen molar-refractivity contribution in [2.45, 2.75) is 19.3 Å². The maximum Gasteiger partial charge on any atom is 0.322 e. The Labute approximate surface area is 112 Å². The quantitative estimate of drug-likeness (QED) is 0.884. The molecule has 0 aliphatic carbocycles. The monoisotopic (exact) mass is 271 g/mol. The average molecular weight is 272 g/mol. The number of methoxy groups -OCH3 is 1. The Bertz CT molecular complexity index is 395. The Morgan fingerprint density at radius 2 is 2.06 bits per heavy atom. The number of rotatable bonds is 4. The summed E-state index contributed by atoms with van der Waals surface area (Å²) in [5.74, 6) is 1.31. The highest BCUT2D eigenvalue weighted by Crippen LogP contribution is 2.24. The van der Waals surface area contributed by atoms with Crippen molar-refractivity contribution in [1.82, 2.24) is 15.0 Å². The number of anilines is 1. The zero-order valence-corrected chi connectivity index (χ0v) is 11.2. The third-order valence-corrected chi connectivity index (χ3v) is 3.40. The zero-order chi connectivity index (χ0) is 13.0. The highest BCUT2D eigenvalue weighted by atomic mass is 35.5. The van der Waals surface area contributed by atoms with E-state index in [2.05, 4.69) is 19.9 Å². The van der Waals surface area contributed by atoms with Crippen LogP contribution in [-0.4, -0.2) is 41.7 Å². The number of hydrogen-bond donors (Lipinski definition) is 1. The van der Waals surface area contributed by atoms with Crippen molar-refractivity contribution >= 4 is 17.5 Å². The molecule has 18 heavy (non-hydrogen) atoms. The fourth-order valence-electron chi connectivity index (χ4n) is 2.21. The van der Waals surface area contributed by atoms with Gasteiger partial charge < -0.3 is 15.4 Å². The van der Waals surface area contributed by atoms with Crippen molar-refractivity contribution < 1.29 is 4.74 Å². The molecular formula is C11H18ClN5O. The fraction of sp³-hybridized carbons (Fsp3) is 0.727. The van der Waals surface area contributed by atoms with Crippen LogP contribution in [0.2, 0.25) is 5.28 Å². The van der Waals surface area contributed by atoms with Gasteiger partial charge in [0.25, 0.3) is 0 Å². The molecule has 0 radical (unpaired) electrons. The van der Waals surface area contributed by atoms with E-state index in [0.29, 0.717) is 11.9 Å². The van der Waals surface area contributed by atoms with Gasteiger partial charge in [-0.3, -0.25) is 0 Å². The van der Waals surface area contributed by atoms with Crippen molar-refractivity contribution in [2.24, 2.45) is 11.7 Å². The van der Waals surface area contributed by atoms with E-state index in [1.807, 2.05) is 0 Å². The molecule has 1 aromatic rings. The van der Waals surface area contributed by atoms with Crippen molar-refractivity contribution in [2.75, 3.05) is 31.6 Å². The van der Waals surface area contributed by atoms with Crippen LogP contribution in [0, 0.1) is 5.92 Å². The molecule has 1 aliphatic rings. The van der Waals surface area contributed by atoms with Gasteiger partial charge in [0.1, 0.15) is 0 Å². The lowest BCUT2D eigenvalue weighted by atomic mass is 9.94. The molecule has 1 aliphatic heterocycles. The summed E-state index contributed by atoms with van der Waals surface area (Å²) in [7, 11) is 1.52. The van der Waals surface area contributed by atoms with Gasteiger partial charge in [0.05, 0.1) is 7.11 Å². The van der Waals surface area contributed by atoms with E-state index >= 15 is 0 Å². The Morgan fingerprint density at radius 3 is 2.67 bits per heavy atom. The largest absolute Gasteiger partial charge is 0.467 e. The van der Waals surface area contributed by atoms with Gasteiger partial charge in [-0.15, -0.1) is 0 Å². The molecule has 6 nitrogen and oxygen atoms in total. The van der Waals surface area contributed by atoms with E-state index in [1.54, 1.807) is 0 Å². The van der Waals surface area contributed by atoms with Crippen LogP contribution in [0.15, 0.2) is 0 Å². The number of nitrogens with two attached hydrogens (primary N) is 1. The highest BCUT2D eigenvalue weighted by molar-refractivity contribution is 6.28. The first kappa shape index (κ1) is 13.3. The molecule has 0 atom stereocenters. The van der Waals surface area contributed by atoms with Crippen molar-refractivity contribution in [3.63, 3.8) is 0 Å². The Kier molecular flexibility index (Phi) is 4.54. The summed E-state index contributed by atoms with van der Waals surface area (Å²) in [6.07, 6.45) is 3.32. The summed E-state index contributed by atoms with van der Waals surface area (Å²) in [5, 5.41) is 0.168. The average Bonchev–Trinajstić information content (AvgIpc) is 2.39. The van der Waals surface area contributed by atoms with Crippen molar-refractivity contribution in [3.8, 4) is 6.01 Å². The van der Waals surface area contributed by atoms with E-state index < -0.39 is 0 Å². The topological polar surface area (TPSA) is 77.2 Å². The third kappa shape index (κ3) is 3.20. The molecule has 1 aromatic heterocycles. The van der Waals surface area contributed by atoms with Crippen LogP contribution in [-0.2, 0) is 0 Å². The SMILES string of the molecule is COc1nc(Cl)nc(N2CCC(CCN)CC2)n1. The first-order chi connectivity index (χ1) is 8.72. The summed E-state index contributed by atoms with van der Waals surface area (Å²) < 4.78 is 5.00. The van der Waals surface area contributed by atoms with Crippen LogP contribution >= 0.6 is 11.6 Å². The fourth-order valence-corrected chi connectivity index (χ4v) is 2.36. The number of hydrogen-bond acceptors (Lipinski definition) is 6. The minimum Gasteiger partial charge on any atom is -0.467 e. The van der Waals surface area contributed by atoms with Crippen LogP contribution in [0.5, 0.6) is 6.01 Å².